The van der Waals surface area contributed by atoms with Crippen molar-refractivity contribution in [2.24, 2.45) is 0 Å². The number of carbonyl (C=O) groups excluding carboxylic acids is 1. The average Bonchev–Trinajstić information content (AvgIpc) is 2.52. The van der Waals surface area contributed by atoms with Crippen LogP contribution in [0.25, 0.3) is 10.9 Å². The first-order valence-electron chi connectivity index (χ1n) is 7.94. The number of rotatable bonds is 3. The molecule has 2 aromatic rings. The van der Waals surface area contributed by atoms with Crippen molar-refractivity contribution in [1.29, 1.82) is 0 Å². The SMILES string of the molecule is C[C@H]1CN(C(=O)CCc2nc3ccccc3c(=O)[nH]2)C[C@H](C)O1. The van der Waals surface area contributed by atoms with Gasteiger partial charge in [-0.2, -0.15) is 0 Å². The van der Waals surface area contributed by atoms with Gasteiger partial charge in [0.2, 0.25) is 5.91 Å². The molecule has 1 amide bonds. The molecule has 1 aliphatic heterocycles. The summed E-state index contributed by atoms with van der Waals surface area (Å²) in [5, 5.41) is 0.568. The summed E-state index contributed by atoms with van der Waals surface area (Å²) in [4.78, 5) is 33.4. The number of H-pyrrole nitrogens is 1. The Morgan fingerprint density at radius 1 is 1.30 bits per heavy atom. The van der Waals surface area contributed by atoms with Crippen LogP contribution in [-0.4, -0.2) is 46.1 Å². The predicted octanol–water partition coefficient (Wildman–Crippen LogP) is 1.49. The van der Waals surface area contributed by atoms with Gasteiger partial charge in [0.15, 0.2) is 0 Å². The van der Waals surface area contributed by atoms with Crippen LogP contribution in [0.4, 0.5) is 0 Å². The molecule has 0 bridgehead atoms. The molecule has 6 heteroatoms. The molecule has 0 unspecified atom stereocenters. The van der Waals surface area contributed by atoms with Crippen LogP contribution < -0.4 is 5.56 Å². The van der Waals surface area contributed by atoms with Gasteiger partial charge < -0.3 is 14.6 Å². The summed E-state index contributed by atoms with van der Waals surface area (Å²) in [5.41, 5.74) is 0.499. The smallest absolute Gasteiger partial charge is 0.258 e. The molecule has 0 radical (unpaired) electrons. The Balaban J connectivity index is 1.68. The summed E-state index contributed by atoms with van der Waals surface area (Å²) in [5.74, 6) is 0.624. The summed E-state index contributed by atoms with van der Waals surface area (Å²) < 4.78 is 5.64. The fourth-order valence-electron chi connectivity index (χ4n) is 3.02. The molecule has 1 saturated heterocycles. The summed E-state index contributed by atoms with van der Waals surface area (Å²) in [6.07, 6.45) is 0.877. The highest BCUT2D eigenvalue weighted by molar-refractivity contribution is 5.78. The number of morpholine rings is 1. The molecule has 0 aliphatic carbocycles. The van der Waals surface area contributed by atoms with E-state index in [0.29, 0.717) is 42.7 Å². The number of nitrogens with one attached hydrogen (secondary N) is 1. The molecule has 1 aromatic carbocycles. The van der Waals surface area contributed by atoms with Crippen molar-refractivity contribution >= 4 is 16.8 Å². The minimum Gasteiger partial charge on any atom is -0.372 e. The summed E-state index contributed by atoms with van der Waals surface area (Å²) >= 11 is 0. The van der Waals surface area contributed by atoms with Gasteiger partial charge in [-0.25, -0.2) is 4.98 Å². The minimum absolute atomic E-state index is 0.0568. The topological polar surface area (TPSA) is 75.3 Å². The number of carbonyl (C=O) groups is 1. The monoisotopic (exact) mass is 315 g/mol. The van der Waals surface area contributed by atoms with Gasteiger partial charge in [0.1, 0.15) is 5.82 Å². The van der Waals surface area contributed by atoms with Crippen molar-refractivity contribution < 1.29 is 9.53 Å². The van der Waals surface area contributed by atoms with Crippen LogP contribution in [-0.2, 0) is 16.0 Å². The molecular formula is C17H21N3O3. The molecule has 2 atom stereocenters. The van der Waals surface area contributed by atoms with Gasteiger partial charge in [0.25, 0.3) is 5.56 Å². The predicted molar refractivity (Wildman–Crippen MR) is 87.3 cm³/mol. The van der Waals surface area contributed by atoms with Crippen molar-refractivity contribution in [2.45, 2.75) is 38.9 Å². The maximum Gasteiger partial charge on any atom is 0.258 e. The van der Waals surface area contributed by atoms with Crippen LogP contribution >= 0.6 is 0 Å². The number of nitrogens with zero attached hydrogens (tertiary/aromatic N) is 2. The lowest BCUT2D eigenvalue weighted by molar-refractivity contribution is -0.143. The number of benzene rings is 1. The molecule has 2 heterocycles. The van der Waals surface area contributed by atoms with Crippen LogP contribution in [0, 0.1) is 0 Å². The molecule has 1 fully saturated rings. The highest BCUT2D eigenvalue weighted by Gasteiger charge is 2.25. The molecule has 23 heavy (non-hydrogen) atoms. The number of hydrogen-bond acceptors (Lipinski definition) is 4. The zero-order valence-corrected chi connectivity index (χ0v) is 13.4. The number of fused-ring (bicyclic) bond motifs is 1. The number of aromatic amines is 1. The van der Waals surface area contributed by atoms with E-state index in [0.717, 1.165) is 0 Å². The van der Waals surface area contributed by atoms with Crippen molar-refractivity contribution in [3.05, 3.63) is 40.4 Å². The lowest BCUT2D eigenvalue weighted by Crippen LogP contribution is -2.48. The second-order valence-electron chi connectivity index (χ2n) is 6.09. The fraction of sp³-hybridized carbons (Fsp3) is 0.471. The molecule has 6 nitrogen and oxygen atoms in total. The maximum atomic E-state index is 12.4. The molecule has 1 aliphatic rings. The van der Waals surface area contributed by atoms with E-state index in [2.05, 4.69) is 9.97 Å². The van der Waals surface area contributed by atoms with Gasteiger partial charge in [0, 0.05) is 25.9 Å². The first-order chi connectivity index (χ1) is 11.0. The fourth-order valence-corrected chi connectivity index (χ4v) is 3.02. The first kappa shape index (κ1) is 15.7. The number of aromatic nitrogens is 2. The number of amides is 1. The Morgan fingerprint density at radius 3 is 2.74 bits per heavy atom. The average molecular weight is 315 g/mol. The van der Waals surface area contributed by atoms with E-state index in [9.17, 15) is 9.59 Å². The normalized spacial score (nSPS) is 21.6. The third kappa shape index (κ3) is 3.59. The maximum absolute atomic E-state index is 12.4. The molecule has 3 rings (SSSR count). The number of aryl methyl sites for hydroxylation is 1. The second kappa shape index (κ2) is 6.50. The van der Waals surface area contributed by atoms with Gasteiger partial charge in [-0.05, 0) is 26.0 Å². The lowest BCUT2D eigenvalue weighted by atomic mass is 10.2. The largest absolute Gasteiger partial charge is 0.372 e. The van der Waals surface area contributed by atoms with E-state index in [4.69, 9.17) is 4.74 Å². The van der Waals surface area contributed by atoms with Gasteiger partial charge in [-0.1, -0.05) is 12.1 Å². The second-order valence-corrected chi connectivity index (χ2v) is 6.09. The zero-order valence-electron chi connectivity index (χ0n) is 13.4. The van der Waals surface area contributed by atoms with Crippen LogP contribution in [0.5, 0.6) is 0 Å². The van der Waals surface area contributed by atoms with Crippen LogP contribution in [0.2, 0.25) is 0 Å². The van der Waals surface area contributed by atoms with Gasteiger partial charge in [-0.3, -0.25) is 9.59 Å². The third-order valence-corrected chi connectivity index (χ3v) is 4.01. The molecule has 122 valence electrons. The van der Waals surface area contributed by atoms with Crippen molar-refractivity contribution in [1.82, 2.24) is 14.9 Å². The van der Waals surface area contributed by atoms with Crippen LogP contribution in [0.1, 0.15) is 26.1 Å². The van der Waals surface area contributed by atoms with Crippen molar-refractivity contribution in [2.75, 3.05) is 13.1 Å². The third-order valence-electron chi connectivity index (χ3n) is 4.01. The molecular weight excluding hydrogens is 294 g/mol. The van der Waals surface area contributed by atoms with E-state index >= 15 is 0 Å². The standard InChI is InChI=1S/C17H21N3O3/c1-11-9-20(10-12(2)23-11)16(21)8-7-15-18-14-6-4-3-5-13(14)17(22)19-15/h3-6,11-12H,7-10H2,1-2H3,(H,18,19,22)/t11-,12-/m0/s1. The quantitative estimate of drug-likeness (QED) is 0.931. The van der Waals surface area contributed by atoms with Gasteiger partial charge in [-0.15, -0.1) is 0 Å². The van der Waals surface area contributed by atoms with E-state index in [1.54, 1.807) is 12.1 Å². The highest BCUT2D eigenvalue weighted by atomic mass is 16.5. The van der Waals surface area contributed by atoms with E-state index in [-0.39, 0.29) is 23.7 Å². The van der Waals surface area contributed by atoms with Crippen LogP contribution in [0.3, 0.4) is 0 Å². The van der Waals surface area contributed by atoms with Gasteiger partial charge in [0.05, 0.1) is 23.1 Å². The summed E-state index contributed by atoms with van der Waals surface area (Å²) in [6, 6.07) is 7.21. The highest BCUT2D eigenvalue weighted by Crippen LogP contribution is 2.13. The first-order valence-corrected chi connectivity index (χ1v) is 7.94. The van der Waals surface area contributed by atoms with Crippen molar-refractivity contribution in [3.63, 3.8) is 0 Å². The zero-order chi connectivity index (χ0) is 16.4. The van der Waals surface area contributed by atoms with E-state index in [1.165, 1.54) is 0 Å². The molecule has 0 spiro atoms. The Morgan fingerprint density at radius 2 is 2.00 bits per heavy atom. The Hall–Kier alpha value is -2.21. The van der Waals surface area contributed by atoms with Crippen LogP contribution in [0.15, 0.2) is 29.1 Å². The number of ether oxygens (including phenoxy) is 1. The molecule has 0 saturated carbocycles. The Bertz CT molecular complexity index is 761. The summed E-state index contributed by atoms with van der Waals surface area (Å²) in [7, 11) is 0. The van der Waals surface area contributed by atoms with Crippen molar-refractivity contribution in [3.8, 4) is 0 Å². The molecule has 1 aromatic heterocycles. The minimum atomic E-state index is -0.160. The molecule has 1 N–H and O–H groups in total. The lowest BCUT2D eigenvalue weighted by Gasteiger charge is -2.35. The van der Waals surface area contributed by atoms with E-state index in [1.807, 2.05) is 30.9 Å². The number of hydrogen-bond donors (Lipinski definition) is 1. The Labute approximate surface area is 134 Å². The Kier molecular flexibility index (Phi) is 4.43. The number of para-hydroxylation sites is 1. The van der Waals surface area contributed by atoms with E-state index < -0.39 is 0 Å². The van der Waals surface area contributed by atoms with Gasteiger partial charge >= 0.3 is 0 Å². The summed E-state index contributed by atoms with van der Waals surface area (Å²) in [6.45, 7) is 5.17.